The SMILES string of the molecule is O=C(Cc1ccc(F)cc1)NNC(=O)C[C@H](NC(=O)c1ccccc1)c1ccccc1. The van der Waals surface area contributed by atoms with E-state index in [-0.39, 0.29) is 24.6 Å². The Balaban J connectivity index is 1.58. The van der Waals surface area contributed by atoms with E-state index >= 15 is 0 Å². The Kier molecular flexibility index (Phi) is 7.48. The van der Waals surface area contributed by atoms with Crippen molar-refractivity contribution in [2.45, 2.75) is 18.9 Å². The number of nitrogens with one attached hydrogen (secondary N) is 3. The van der Waals surface area contributed by atoms with Gasteiger partial charge in [-0.2, -0.15) is 0 Å². The zero-order chi connectivity index (χ0) is 22.1. The smallest absolute Gasteiger partial charge is 0.251 e. The Morgan fingerprint density at radius 2 is 1.32 bits per heavy atom. The van der Waals surface area contributed by atoms with Crippen LogP contribution in [0.15, 0.2) is 84.9 Å². The van der Waals surface area contributed by atoms with Crippen LogP contribution in [0.3, 0.4) is 0 Å². The molecule has 0 saturated carbocycles. The normalized spacial score (nSPS) is 11.3. The molecule has 0 aliphatic heterocycles. The average Bonchev–Trinajstić information content (AvgIpc) is 2.80. The zero-order valence-corrected chi connectivity index (χ0v) is 16.7. The maximum Gasteiger partial charge on any atom is 0.251 e. The molecule has 1 atom stereocenters. The summed E-state index contributed by atoms with van der Waals surface area (Å²) in [6.07, 6.45) is -0.0766. The quantitative estimate of drug-likeness (QED) is 0.515. The van der Waals surface area contributed by atoms with Crippen molar-refractivity contribution >= 4 is 17.7 Å². The van der Waals surface area contributed by atoms with E-state index in [1.165, 1.54) is 24.3 Å². The second-order valence-electron chi connectivity index (χ2n) is 6.91. The summed E-state index contributed by atoms with van der Waals surface area (Å²) in [5.41, 5.74) is 6.57. The number of hydrazine groups is 1. The number of hydrogen-bond acceptors (Lipinski definition) is 3. The van der Waals surface area contributed by atoms with Crippen molar-refractivity contribution in [2.24, 2.45) is 0 Å². The number of carbonyl (C=O) groups is 3. The minimum atomic E-state index is -0.581. The molecule has 0 spiro atoms. The molecule has 3 rings (SSSR count). The first kappa shape index (κ1) is 21.7. The van der Waals surface area contributed by atoms with Crippen molar-refractivity contribution in [3.63, 3.8) is 0 Å². The lowest BCUT2D eigenvalue weighted by molar-refractivity contribution is -0.128. The third-order valence-corrected chi connectivity index (χ3v) is 4.55. The molecule has 0 aromatic heterocycles. The Morgan fingerprint density at radius 3 is 1.97 bits per heavy atom. The van der Waals surface area contributed by atoms with E-state index in [0.29, 0.717) is 11.1 Å². The van der Waals surface area contributed by atoms with Crippen molar-refractivity contribution < 1.29 is 18.8 Å². The molecular weight excluding hydrogens is 397 g/mol. The fraction of sp³-hybridized carbons (Fsp3) is 0.125. The lowest BCUT2D eigenvalue weighted by Crippen LogP contribution is -2.44. The molecule has 158 valence electrons. The van der Waals surface area contributed by atoms with Gasteiger partial charge in [0.25, 0.3) is 5.91 Å². The molecule has 0 bridgehead atoms. The number of hydrogen-bond donors (Lipinski definition) is 3. The van der Waals surface area contributed by atoms with Crippen LogP contribution in [-0.2, 0) is 16.0 Å². The summed E-state index contributed by atoms with van der Waals surface area (Å²) in [5, 5.41) is 2.87. The van der Waals surface area contributed by atoms with E-state index in [9.17, 15) is 18.8 Å². The fourth-order valence-electron chi connectivity index (χ4n) is 2.98. The number of amides is 3. The van der Waals surface area contributed by atoms with Crippen LogP contribution in [0.2, 0.25) is 0 Å². The Bertz CT molecular complexity index is 1020. The van der Waals surface area contributed by atoms with Crippen LogP contribution in [0.25, 0.3) is 0 Å². The first-order valence-corrected chi connectivity index (χ1v) is 9.74. The van der Waals surface area contributed by atoms with Gasteiger partial charge >= 0.3 is 0 Å². The second kappa shape index (κ2) is 10.7. The van der Waals surface area contributed by atoms with Crippen molar-refractivity contribution in [3.8, 4) is 0 Å². The van der Waals surface area contributed by atoms with Crippen LogP contribution in [0.5, 0.6) is 0 Å². The molecule has 0 radical (unpaired) electrons. The molecule has 0 saturated heterocycles. The average molecular weight is 419 g/mol. The van der Waals surface area contributed by atoms with Gasteiger partial charge in [-0.1, -0.05) is 60.7 Å². The second-order valence-corrected chi connectivity index (χ2v) is 6.91. The molecule has 7 heteroatoms. The Morgan fingerprint density at radius 1 is 0.742 bits per heavy atom. The number of carbonyl (C=O) groups excluding carboxylic acids is 3. The van der Waals surface area contributed by atoms with E-state index in [1.807, 2.05) is 36.4 Å². The third kappa shape index (κ3) is 6.78. The predicted octanol–water partition coefficient (Wildman–Crippen LogP) is 3.08. The van der Waals surface area contributed by atoms with Gasteiger partial charge in [-0.25, -0.2) is 4.39 Å². The lowest BCUT2D eigenvalue weighted by atomic mass is 10.0. The van der Waals surface area contributed by atoms with Gasteiger partial charge in [0.15, 0.2) is 0 Å². The van der Waals surface area contributed by atoms with E-state index in [0.717, 1.165) is 5.56 Å². The number of rotatable bonds is 7. The van der Waals surface area contributed by atoms with Gasteiger partial charge in [-0.05, 0) is 35.4 Å². The molecule has 3 aromatic rings. The van der Waals surface area contributed by atoms with Crippen molar-refractivity contribution in [2.75, 3.05) is 0 Å². The van der Waals surface area contributed by atoms with Crippen LogP contribution in [0.4, 0.5) is 4.39 Å². The molecule has 0 aliphatic carbocycles. The van der Waals surface area contributed by atoms with Gasteiger partial charge in [-0.15, -0.1) is 0 Å². The fourth-order valence-corrected chi connectivity index (χ4v) is 2.98. The highest BCUT2D eigenvalue weighted by atomic mass is 19.1. The van der Waals surface area contributed by atoms with Crippen LogP contribution in [0.1, 0.15) is 33.9 Å². The summed E-state index contributed by atoms with van der Waals surface area (Å²) in [6.45, 7) is 0. The van der Waals surface area contributed by atoms with Gasteiger partial charge < -0.3 is 5.32 Å². The molecule has 3 aromatic carbocycles. The monoisotopic (exact) mass is 419 g/mol. The lowest BCUT2D eigenvalue weighted by Gasteiger charge is -2.19. The third-order valence-electron chi connectivity index (χ3n) is 4.55. The summed E-state index contributed by atoms with van der Waals surface area (Å²) in [7, 11) is 0. The minimum Gasteiger partial charge on any atom is -0.345 e. The van der Waals surface area contributed by atoms with Crippen LogP contribution in [0, 0.1) is 5.82 Å². The Labute approximate surface area is 179 Å². The maximum absolute atomic E-state index is 13.0. The minimum absolute atomic E-state index is 0.00653. The first-order chi connectivity index (χ1) is 15.0. The van der Waals surface area contributed by atoms with Gasteiger partial charge in [0.2, 0.25) is 11.8 Å². The van der Waals surface area contributed by atoms with E-state index in [1.54, 1.807) is 24.3 Å². The summed E-state index contributed by atoms with van der Waals surface area (Å²) in [5.74, 6) is -1.59. The van der Waals surface area contributed by atoms with Gasteiger partial charge in [0.1, 0.15) is 5.82 Å². The van der Waals surface area contributed by atoms with E-state index < -0.39 is 17.9 Å². The molecule has 3 N–H and O–H groups in total. The van der Waals surface area contributed by atoms with Gasteiger partial charge in [-0.3, -0.25) is 25.2 Å². The van der Waals surface area contributed by atoms with Crippen LogP contribution < -0.4 is 16.2 Å². The zero-order valence-electron chi connectivity index (χ0n) is 16.7. The molecule has 0 fully saturated rings. The summed E-state index contributed by atoms with van der Waals surface area (Å²) in [6, 6.07) is 22.8. The maximum atomic E-state index is 13.0. The molecular formula is C24H22FN3O3. The standard InChI is InChI=1S/C24H22FN3O3/c25-20-13-11-17(12-14-20)15-22(29)27-28-23(30)16-21(18-7-3-1-4-8-18)26-24(31)19-9-5-2-6-10-19/h1-14,21H,15-16H2,(H,26,31)(H,27,29)(H,28,30)/t21-/m0/s1. The van der Waals surface area contributed by atoms with Gasteiger partial charge in [0, 0.05) is 5.56 Å². The molecule has 0 aliphatic rings. The van der Waals surface area contributed by atoms with Crippen LogP contribution >= 0.6 is 0 Å². The number of benzene rings is 3. The summed E-state index contributed by atoms with van der Waals surface area (Å²) < 4.78 is 13.0. The highest BCUT2D eigenvalue weighted by Gasteiger charge is 2.19. The molecule has 0 heterocycles. The molecule has 31 heavy (non-hydrogen) atoms. The number of halogens is 1. The predicted molar refractivity (Wildman–Crippen MR) is 114 cm³/mol. The summed E-state index contributed by atoms with van der Waals surface area (Å²) in [4.78, 5) is 37.0. The first-order valence-electron chi connectivity index (χ1n) is 9.74. The van der Waals surface area contributed by atoms with E-state index in [4.69, 9.17) is 0 Å². The molecule has 6 nitrogen and oxygen atoms in total. The molecule has 3 amide bonds. The summed E-state index contributed by atoms with van der Waals surface area (Å²) >= 11 is 0. The highest BCUT2D eigenvalue weighted by molar-refractivity contribution is 5.94. The highest BCUT2D eigenvalue weighted by Crippen LogP contribution is 2.17. The van der Waals surface area contributed by atoms with Crippen molar-refractivity contribution in [1.82, 2.24) is 16.2 Å². The largest absolute Gasteiger partial charge is 0.345 e. The topological polar surface area (TPSA) is 87.3 Å². The van der Waals surface area contributed by atoms with Crippen molar-refractivity contribution in [1.29, 1.82) is 0 Å². The van der Waals surface area contributed by atoms with Gasteiger partial charge in [0.05, 0.1) is 18.9 Å². The Hall–Kier alpha value is -4.00. The van der Waals surface area contributed by atoms with E-state index in [2.05, 4.69) is 16.2 Å². The van der Waals surface area contributed by atoms with Crippen molar-refractivity contribution in [3.05, 3.63) is 107 Å². The molecule has 0 unspecified atom stereocenters. The van der Waals surface area contributed by atoms with Crippen LogP contribution in [-0.4, -0.2) is 17.7 Å².